The highest BCUT2D eigenvalue weighted by Crippen LogP contribution is 2.18. The smallest absolute Gasteiger partial charge is 0.251 e. The number of halogens is 1. The Morgan fingerprint density at radius 1 is 1.03 bits per heavy atom. The summed E-state index contributed by atoms with van der Waals surface area (Å²) in [7, 11) is 0. The fourth-order valence-corrected chi connectivity index (χ4v) is 3.87. The monoisotopic (exact) mass is 491 g/mol. The van der Waals surface area contributed by atoms with Gasteiger partial charge in [0.2, 0.25) is 0 Å². The lowest BCUT2D eigenvalue weighted by atomic mass is 10.2. The van der Waals surface area contributed by atoms with E-state index in [1.54, 1.807) is 12.1 Å². The molecule has 0 aliphatic carbocycles. The molecular weight excluding hydrogens is 466 g/mol. The molecule has 0 aliphatic heterocycles. The fraction of sp³-hybridized carbons (Fsp3) is 0.231. The Kier molecular flexibility index (Phi) is 7.22. The second-order valence-electron chi connectivity index (χ2n) is 7.56. The van der Waals surface area contributed by atoms with Crippen molar-refractivity contribution in [1.82, 2.24) is 14.9 Å². The molecule has 1 heterocycles. The van der Waals surface area contributed by atoms with Gasteiger partial charge in [-0.25, -0.2) is 4.98 Å². The minimum Gasteiger partial charge on any atom is -0.494 e. The van der Waals surface area contributed by atoms with E-state index in [-0.39, 0.29) is 5.91 Å². The number of nitrogens with one attached hydrogen (secondary N) is 1. The third-order valence-electron chi connectivity index (χ3n) is 5.37. The molecule has 0 bridgehead atoms. The number of rotatable bonds is 9. The predicted molar refractivity (Wildman–Crippen MR) is 131 cm³/mol. The van der Waals surface area contributed by atoms with Gasteiger partial charge in [0.15, 0.2) is 0 Å². The van der Waals surface area contributed by atoms with Crippen LogP contribution < -0.4 is 10.1 Å². The van der Waals surface area contributed by atoms with Gasteiger partial charge in [-0.05, 0) is 66.9 Å². The van der Waals surface area contributed by atoms with E-state index >= 15 is 0 Å². The number of nitrogens with zero attached hydrogens (tertiary/aromatic N) is 2. The van der Waals surface area contributed by atoms with Crippen LogP contribution in [0.4, 0.5) is 0 Å². The number of ether oxygens (including phenoxy) is 1. The van der Waals surface area contributed by atoms with Crippen molar-refractivity contribution in [3.05, 3.63) is 94.2 Å². The first-order valence-corrected chi connectivity index (χ1v) is 11.6. The van der Waals surface area contributed by atoms with Crippen LogP contribution in [0.25, 0.3) is 11.0 Å². The van der Waals surface area contributed by atoms with Crippen molar-refractivity contribution in [2.45, 2.75) is 32.9 Å². The van der Waals surface area contributed by atoms with E-state index in [0.29, 0.717) is 18.7 Å². The van der Waals surface area contributed by atoms with Gasteiger partial charge in [-0.3, -0.25) is 4.79 Å². The van der Waals surface area contributed by atoms with Crippen LogP contribution in [0, 0.1) is 0 Å². The molecular formula is C26H26BrN3O2. The Morgan fingerprint density at radius 3 is 2.53 bits per heavy atom. The molecule has 164 valence electrons. The van der Waals surface area contributed by atoms with Gasteiger partial charge in [-0.1, -0.05) is 47.1 Å². The molecule has 32 heavy (non-hydrogen) atoms. The summed E-state index contributed by atoms with van der Waals surface area (Å²) < 4.78 is 9.03. The molecule has 3 aromatic carbocycles. The van der Waals surface area contributed by atoms with Crippen molar-refractivity contribution < 1.29 is 9.53 Å². The Balaban J connectivity index is 1.40. The zero-order valence-corrected chi connectivity index (χ0v) is 19.6. The molecule has 1 amide bonds. The van der Waals surface area contributed by atoms with E-state index in [1.165, 1.54) is 5.56 Å². The molecule has 1 N–H and O–H groups in total. The van der Waals surface area contributed by atoms with Crippen LogP contribution in [0.15, 0.2) is 77.3 Å². The average molecular weight is 492 g/mol. The minimum atomic E-state index is -0.116. The summed E-state index contributed by atoms with van der Waals surface area (Å²) in [6.45, 7) is 3.88. The van der Waals surface area contributed by atoms with Crippen LogP contribution in [0.3, 0.4) is 0 Å². The van der Waals surface area contributed by atoms with Gasteiger partial charge in [0.05, 0.1) is 24.2 Å². The van der Waals surface area contributed by atoms with Crippen LogP contribution in [-0.4, -0.2) is 22.1 Å². The molecule has 1 aromatic heterocycles. The highest BCUT2D eigenvalue weighted by atomic mass is 79.9. The lowest BCUT2D eigenvalue weighted by Crippen LogP contribution is -2.25. The van der Waals surface area contributed by atoms with Gasteiger partial charge in [0.25, 0.3) is 5.91 Å². The third kappa shape index (κ3) is 5.37. The van der Waals surface area contributed by atoms with E-state index in [1.807, 2.05) is 42.5 Å². The number of aryl methyl sites for hydroxylation is 2. The predicted octanol–water partition coefficient (Wildman–Crippen LogP) is 5.76. The minimum absolute atomic E-state index is 0.116. The van der Waals surface area contributed by atoms with Crippen LogP contribution in [0.2, 0.25) is 0 Å². The fourth-order valence-electron chi connectivity index (χ4n) is 3.61. The molecule has 0 spiro atoms. The number of imidazole rings is 1. The molecule has 0 unspecified atom stereocenters. The first-order valence-electron chi connectivity index (χ1n) is 10.8. The normalized spacial score (nSPS) is 10.9. The maximum atomic E-state index is 12.5. The van der Waals surface area contributed by atoms with Crippen molar-refractivity contribution >= 4 is 32.9 Å². The molecule has 0 atom stereocenters. The summed E-state index contributed by atoms with van der Waals surface area (Å²) in [4.78, 5) is 17.3. The molecule has 0 radical (unpaired) electrons. The maximum Gasteiger partial charge on any atom is 0.251 e. The van der Waals surface area contributed by atoms with Crippen LogP contribution in [0.1, 0.15) is 35.1 Å². The highest BCUT2D eigenvalue weighted by molar-refractivity contribution is 9.10. The number of carbonyl (C=O) groups is 1. The lowest BCUT2D eigenvalue weighted by Gasteiger charge is -2.11. The molecule has 0 saturated heterocycles. The largest absolute Gasteiger partial charge is 0.494 e. The number of para-hydroxylation sites is 2. The van der Waals surface area contributed by atoms with Crippen molar-refractivity contribution in [2.24, 2.45) is 0 Å². The van der Waals surface area contributed by atoms with Crippen LogP contribution in [0.5, 0.6) is 5.75 Å². The van der Waals surface area contributed by atoms with Gasteiger partial charge in [-0.2, -0.15) is 0 Å². The molecule has 5 nitrogen and oxygen atoms in total. The van der Waals surface area contributed by atoms with Gasteiger partial charge >= 0.3 is 0 Å². The first kappa shape index (κ1) is 22.1. The summed E-state index contributed by atoms with van der Waals surface area (Å²) in [5, 5.41) is 2.99. The van der Waals surface area contributed by atoms with Gasteiger partial charge in [0.1, 0.15) is 11.6 Å². The Labute approximate surface area is 196 Å². The quantitative estimate of drug-likeness (QED) is 0.302. The first-order chi connectivity index (χ1) is 15.6. The van der Waals surface area contributed by atoms with E-state index in [0.717, 1.165) is 46.5 Å². The van der Waals surface area contributed by atoms with Gasteiger partial charge in [0, 0.05) is 16.6 Å². The zero-order valence-electron chi connectivity index (χ0n) is 18.1. The van der Waals surface area contributed by atoms with Crippen molar-refractivity contribution in [1.29, 1.82) is 0 Å². The number of amides is 1. The third-order valence-corrected chi connectivity index (χ3v) is 5.90. The zero-order chi connectivity index (χ0) is 22.3. The lowest BCUT2D eigenvalue weighted by molar-refractivity contribution is 0.0949. The Hall–Kier alpha value is -3.12. The Morgan fingerprint density at radius 2 is 1.78 bits per heavy atom. The van der Waals surface area contributed by atoms with E-state index in [2.05, 4.69) is 50.9 Å². The second-order valence-corrected chi connectivity index (χ2v) is 8.47. The number of carbonyl (C=O) groups excluding carboxylic acids is 1. The van der Waals surface area contributed by atoms with Crippen molar-refractivity contribution in [3.63, 3.8) is 0 Å². The number of hydrogen-bond acceptors (Lipinski definition) is 3. The molecule has 4 aromatic rings. The number of fused-ring (bicyclic) bond motifs is 1. The summed E-state index contributed by atoms with van der Waals surface area (Å²) in [6, 6.07) is 23.6. The average Bonchev–Trinajstić information content (AvgIpc) is 3.18. The second kappa shape index (κ2) is 10.5. The topological polar surface area (TPSA) is 56.1 Å². The highest BCUT2D eigenvalue weighted by Gasteiger charge is 2.12. The maximum absolute atomic E-state index is 12.5. The van der Waals surface area contributed by atoms with E-state index in [4.69, 9.17) is 9.72 Å². The van der Waals surface area contributed by atoms with E-state index in [9.17, 15) is 4.79 Å². The summed E-state index contributed by atoms with van der Waals surface area (Å²) in [5.74, 6) is 1.61. The van der Waals surface area contributed by atoms with Crippen LogP contribution >= 0.6 is 15.9 Å². The summed E-state index contributed by atoms with van der Waals surface area (Å²) >= 11 is 3.40. The standard InChI is InChI=1S/C26H26BrN3O2/c1-2-19-8-14-22(15-9-19)32-17-5-16-30-24-7-4-3-6-23(24)29-25(30)18-28-26(31)20-10-12-21(27)13-11-20/h3-4,6-15H,2,5,16-18H2,1H3,(H,28,31). The van der Waals surface area contributed by atoms with Crippen LogP contribution in [-0.2, 0) is 19.5 Å². The SMILES string of the molecule is CCc1ccc(OCCCn2c(CNC(=O)c3ccc(Br)cc3)nc3ccccc32)cc1. The van der Waals surface area contributed by atoms with E-state index < -0.39 is 0 Å². The number of benzene rings is 3. The van der Waals surface area contributed by atoms with Crippen molar-refractivity contribution in [3.8, 4) is 5.75 Å². The molecule has 4 rings (SSSR count). The molecule has 0 saturated carbocycles. The van der Waals surface area contributed by atoms with Crippen molar-refractivity contribution in [2.75, 3.05) is 6.61 Å². The van der Waals surface area contributed by atoms with Gasteiger partial charge in [-0.15, -0.1) is 0 Å². The molecule has 0 fully saturated rings. The Bertz CT molecular complexity index is 1180. The number of aromatic nitrogens is 2. The number of hydrogen-bond donors (Lipinski definition) is 1. The molecule has 0 aliphatic rings. The molecule has 6 heteroatoms. The summed E-state index contributed by atoms with van der Waals surface area (Å²) in [5.41, 5.74) is 3.92. The summed E-state index contributed by atoms with van der Waals surface area (Å²) in [6.07, 6.45) is 1.86. The van der Waals surface area contributed by atoms with Gasteiger partial charge < -0.3 is 14.6 Å².